The van der Waals surface area contributed by atoms with Crippen LogP contribution in [0.15, 0.2) is 12.1 Å². The Balaban J connectivity index is 3.01. The van der Waals surface area contributed by atoms with E-state index in [0.29, 0.717) is 17.1 Å². The first-order valence-electron chi connectivity index (χ1n) is 5.04. The van der Waals surface area contributed by atoms with Crippen LogP contribution < -0.4 is 5.32 Å². The van der Waals surface area contributed by atoms with Crippen molar-refractivity contribution in [2.24, 2.45) is 0 Å². The van der Waals surface area contributed by atoms with E-state index in [9.17, 15) is 4.79 Å². The molecule has 3 nitrogen and oxygen atoms in total. The van der Waals surface area contributed by atoms with Crippen LogP contribution in [0.2, 0.25) is 5.02 Å². The molecule has 0 unspecified atom stereocenters. The normalized spacial score (nSPS) is 9.62. The van der Waals surface area contributed by atoms with E-state index in [2.05, 4.69) is 11.4 Å². The number of halogens is 1. The van der Waals surface area contributed by atoms with E-state index in [1.54, 1.807) is 13.0 Å². The summed E-state index contributed by atoms with van der Waals surface area (Å²) >= 11 is 6.00. The largest absolute Gasteiger partial charge is 0.326 e. The van der Waals surface area contributed by atoms with Crippen molar-refractivity contribution in [2.45, 2.75) is 26.7 Å². The van der Waals surface area contributed by atoms with Gasteiger partial charge in [0.25, 0.3) is 0 Å². The van der Waals surface area contributed by atoms with E-state index >= 15 is 0 Å². The molecule has 1 amide bonds. The molecule has 0 heterocycles. The average Bonchev–Trinajstić information content (AvgIpc) is 2.25. The third-order valence-electron chi connectivity index (χ3n) is 2.26. The summed E-state index contributed by atoms with van der Waals surface area (Å²) in [5, 5.41) is 11.9. The third-order valence-corrected chi connectivity index (χ3v) is 2.61. The van der Waals surface area contributed by atoms with E-state index in [4.69, 9.17) is 16.9 Å². The molecular formula is C12H13ClN2O. The standard InChI is InChI=1S/C12H13ClN2O/c1-3-12(16)15-11-7-10(13)9(4-5-14)6-8(11)2/h6-7H,3-4H2,1-2H3,(H,15,16). The maximum atomic E-state index is 11.2. The Hall–Kier alpha value is -1.53. The SMILES string of the molecule is CCC(=O)Nc1cc(Cl)c(CC#N)cc1C. The van der Waals surface area contributed by atoms with E-state index in [1.807, 2.05) is 13.0 Å². The van der Waals surface area contributed by atoms with E-state index < -0.39 is 0 Å². The van der Waals surface area contributed by atoms with Gasteiger partial charge < -0.3 is 5.32 Å². The van der Waals surface area contributed by atoms with Crippen molar-refractivity contribution in [1.82, 2.24) is 0 Å². The molecule has 1 aromatic carbocycles. The molecule has 0 radical (unpaired) electrons. The molecule has 0 saturated carbocycles. The highest BCUT2D eigenvalue weighted by Crippen LogP contribution is 2.25. The quantitative estimate of drug-likeness (QED) is 0.877. The van der Waals surface area contributed by atoms with Crippen LogP contribution in [0, 0.1) is 18.3 Å². The molecule has 0 atom stereocenters. The van der Waals surface area contributed by atoms with Gasteiger partial charge in [0.1, 0.15) is 0 Å². The van der Waals surface area contributed by atoms with Gasteiger partial charge in [-0.3, -0.25) is 4.79 Å². The first-order chi connectivity index (χ1) is 7.58. The van der Waals surface area contributed by atoms with Gasteiger partial charge >= 0.3 is 0 Å². The van der Waals surface area contributed by atoms with Gasteiger partial charge in [-0.2, -0.15) is 5.26 Å². The lowest BCUT2D eigenvalue weighted by Gasteiger charge is -2.10. The minimum atomic E-state index is -0.0489. The maximum absolute atomic E-state index is 11.2. The Bertz CT molecular complexity index is 449. The monoisotopic (exact) mass is 236 g/mol. The molecule has 4 heteroatoms. The van der Waals surface area contributed by atoms with Crippen molar-refractivity contribution in [3.05, 3.63) is 28.3 Å². The number of carbonyl (C=O) groups excluding carboxylic acids is 1. The summed E-state index contributed by atoms with van der Waals surface area (Å²) < 4.78 is 0. The van der Waals surface area contributed by atoms with Crippen LogP contribution in [0.25, 0.3) is 0 Å². The van der Waals surface area contributed by atoms with Gasteiger partial charge in [-0.05, 0) is 24.1 Å². The fourth-order valence-electron chi connectivity index (χ4n) is 1.34. The van der Waals surface area contributed by atoms with E-state index in [1.165, 1.54) is 0 Å². The highest BCUT2D eigenvalue weighted by molar-refractivity contribution is 6.31. The number of carbonyl (C=O) groups is 1. The lowest BCUT2D eigenvalue weighted by molar-refractivity contribution is -0.115. The number of benzene rings is 1. The fourth-order valence-corrected chi connectivity index (χ4v) is 1.57. The molecule has 16 heavy (non-hydrogen) atoms. The molecule has 0 aliphatic rings. The summed E-state index contributed by atoms with van der Waals surface area (Å²) in [5.74, 6) is -0.0489. The summed E-state index contributed by atoms with van der Waals surface area (Å²) in [5.41, 5.74) is 2.41. The second-order valence-electron chi connectivity index (χ2n) is 3.50. The molecular weight excluding hydrogens is 224 g/mol. The number of rotatable bonds is 3. The number of anilines is 1. The van der Waals surface area contributed by atoms with Crippen LogP contribution in [0.1, 0.15) is 24.5 Å². The molecule has 1 N–H and O–H groups in total. The van der Waals surface area contributed by atoms with Gasteiger partial charge in [-0.15, -0.1) is 0 Å². The molecule has 1 rings (SSSR count). The maximum Gasteiger partial charge on any atom is 0.224 e. The Morgan fingerprint density at radius 3 is 2.81 bits per heavy atom. The number of hydrogen-bond donors (Lipinski definition) is 1. The second-order valence-corrected chi connectivity index (χ2v) is 3.90. The molecule has 0 aliphatic heterocycles. The van der Waals surface area contributed by atoms with Gasteiger partial charge in [0.05, 0.1) is 12.5 Å². The highest BCUT2D eigenvalue weighted by Gasteiger charge is 2.07. The van der Waals surface area contributed by atoms with Crippen molar-refractivity contribution >= 4 is 23.2 Å². The van der Waals surface area contributed by atoms with Crippen LogP contribution >= 0.6 is 11.6 Å². The van der Waals surface area contributed by atoms with E-state index in [0.717, 1.165) is 11.1 Å². The molecule has 0 fully saturated rings. The highest BCUT2D eigenvalue weighted by atomic mass is 35.5. The van der Waals surface area contributed by atoms with Gasteiger partial charge in [0, 0.05) is 17.1 Å². The fraction of sp³-hybridized carbons (Fsp3) is 0.333. The zero-order valence-corrected chi connectivity index (χ0v) is 10.1. The number of nitrogens with one attached hydrogen (secondary N) is 1. The van der Waals surface area contributed by atoms with Crippen molar-refractivity contribution in [3.63, 3.8) is 0 Å². The third kappa shape index (κ3) is 2.98. The van der Waals surface area contributed by atoms with Gasteiger partial charge in [-0.25, -0.2) is 0 Å². The lowest BCUT2D eigenvalue weighted by atomic mass is 10.1. The molecule has 84 valence electrons. The zero-order chi connectivity index (χ0) is 12.1. The molecule has 0 aliphatic carbocycles. The minimum Gasteiger partial charge on any atom is -0.326 e. The van der Waals surface area contributed by atoms with Crippen molar-refractivity contribution < 1.29 is 4.79 Å². The number of hydrogen-bond acceptors (Lipinski definition) is 2. The Morgan fingerprint density at radius 1 is 1.56 bits per heavy atom. The molecule has 0 aromatic heterocycles. The Kier molecular flexibility index (Phi) is 4.33. The first-order valence-corrected chi connectivity index (χ1v) is 5.42. The summed E-state index contributed by atoms with van der Waals surface area (Å²) in [7, 11) is 0. The van der Waals surface area contributed by atoms with Crippen molar-refractivity contribution in [3.8, 4) is 6.07 Å². The van der Waals surface area contributed by atoms with E-state index in [-0.39, 0.29) is 12.3 Å². The van der Waals surface area contributed by atoms with Crippen LogP contribution in [0.5, 0.6) is 0 Å². The summed E-state index contributed by atoms with van der Waals surface area (Å²) in [4.78, 5) is 11.2. The predicted octanol–water partition coefficient (Wildman–Crippen LogP) is 3.06. The van der Waals surface area contributed by atoms with Gasteiger partial charge in [-0.1, -0.05) is 24.6 Å². The molecule has 0 saturated heterocycles. The van der Waals surface area contributed by atoms with Crippen molar-refractivity contribution in [2.75, 3.05) is 5.32 Å². The summed E-state index contributed by atoms with van der Waals surface area (Å²) in [6.45, 7) is 3.67. The zero-order valence-electron chi connectivity index (χ0n) is 9.30. The minimum absolute atomic E-state index is 0.0489. The summed E-state index contributed by atoms with van der Waals surface area (Å²) in [6.07, 6.45) is 0.707. The van der Waals surface area contributed by atoms with Gasteiger partial charge in [0.2, 0.25) is 5.91 Å². The van der Waals surface area contributed by atoms with Gasteiger partial charge in [0.15, 0.2) is 0 Å². The number of amides is 1. The van der Waals surface area contributed by atoms with Crippen LogP contribution in [-0.4, -0.2) is 5.91 Å². The Labute approximate surface area is 100 Å². The topological polar surface area (TPSA) is 52.9 Å². The smallest absolute Gasteiger partial charge is 0.224 e. The Morgan fingerprint density at radius 2 is 2.25 bits per heavy atom. The number of nitrogens with zero attached hydrogens (tertiary/aromatic N) is 1. The second kappa shape index (κ2) is 5.53. The lowest BCUT2D eigenvalue weighted by Crippen LogP contribution is -2.10. The van der Waals surface area contributed by atoms with Crippen molar-refractivity contribution in [1.29, 1.82) is 5.26 Å². The first kappa shape index (κ1) is 12.5. The predicted molar refractivity (Wildman–Crippen MR) is 64.4 cm³/mol. The van der Waals surface area contributed by atoms with Crippen LogP contribution in [-0.2, 0) is 11.2 Å². The number of aryl methyl sites for hydroxylation is 1. The molecule has 0 bridgehead atoms. The summed E-state index contributed by atoms with van der Waals surface area (Å²) in [6, 6.07) is 5.57. The molecule has 1 aromatic rings. The average molecular weight is 237 g/mol. The van der Waals surface area contributed by atoms with Crippen LogP contribution in [0.4, 0.5) is 5.69 Å². The number of nitriles is 1. The molecule has 0 spiro atoms. The van der Waals surface area contributed by atoms with Crippen LogP contribution in [0.3, 0.4) is 0 Å².